The number of aliphatic imine (C=N–C) groups is 1. The highest BCUT2D eigenvalue weighted by atomic mass is 19.3. The zero-order chi connectivity index (χ0) is 11.3. The summed E-state index contributed by atoms with van der Waals surface area (Å²) < 4.78 is 32.9. The van der Waals surface area contributed by atoms with Crippen LogP contribution in [0.3, 0.4) is 0 Å². The molecule has 15 heavy (non-hydrogen) atoms. The quantitative estimate of drug-likeness (QED) is 0.571. The van der Waals surface area contributed by atoms with Gasteiger partial charge in [-0.2, -0.15) is 13.8 Å². The van der Waals surface area contributed by atoms with E-state index in [0.717, 1.165) is 6.07 Å². The number of methoxy groups -OCH3 is 1. The molecule has 0 aliphatic rings. The first-order chi connectivity index (χ1) is 7.17. The van der Waals surface area contributed by atoms with E-state index in [1.807, 2.05) is 0 Å². The van der Waals surface area contributed by atoms with Crippen LogP contribution in [0.5, 0.6) is 11.5 Å². The Morgan fingerprint density at radius 2 is 2.13 bits per heavy atom. The average Bonchev–Trinajstić information content (AvgIpc) is 2.18. The number of halogens is 2. The predicted molar refractivity (Wildman–Crippen MR) is 47.4 cm³/mol. The van der Waals surface area contributed by atoms with Crippen LogP contribution in [0.4, 0.5) is 14.5 Å². The minimum Gasteiger partial charge on any atom is -0.493 e. The third kappa shape index (κ3) is 3.03. The van der Waals surface area contributed by atoms with Crippen LogP contribution in [0.15, 0.2) is 23.2 Å². The number of benzene rings is 1. The highest BCUT2D eigenvalue weighted by molar-refractivity contribution is 5.55. The lowest BCUT2D eigenvalue weighted by Crippen LogP contribution is -2.03. The van der Waals surface area contributed by atoms with Crippen LogP contribution in [-0.2, 0) is 4.79 Å². The van der Waals surface area contributed by atoms with E-state index in [4.69, 9.17) is 4.74 Å². The first-order valence-corrected chi connectivity index (χ1v) is 3.88. The Kier molecular flexibility index (Phi) is 3.76. The van der Waals surface area contributed by atoms with Gasteiger partial charge in [0.1, 0.15) is 0 Å². The third-order valence-electron chi connectivity index (χ3n) is 1.54. The minimum absolute atomic E-state index is 0.139. The summed E-state index contributed by atoms with van der Waals surface area (Å²) in [4.78, 5) is 13.2. The van der Waals surface area contributed by atoms with Crippen molar-refractivity contribution in [2.24, 2.45) is 4.99 Å². The molecule has 0 atom stereocenters. The fourth-order valence-electron chi connectivity index (χ4n) is 0.976. The molecule has 0 N–H and O–H groups in total. The SMILES string of the molecule is COc1ccc(N=C=O)cc1OC(F)F. The Morgan fingerprint density at radius 1 is 1.40 bits per heavy atom. The van der Waals surface area contributed by atoms with E-state index in [1.54, 1.807) is 0 Å². The number of nitrogens with zero attached hydrogens (tertiary/aromatic N) is 1. The monoisotopic (exact) mass is 215 g/mol. The number of alkyl halides is 2. The van der Waals surface area contributed by atoms with Gasteiger partial charge in [0, 0.05) is 6.07 Å². The fraction of sp³-hybridized carbons (Fsp3) is 0.222. The number of hydrogen-bond acceptors (Lipinski definition) is 4. The van der Waals surface area contributed by atoms with Gasteiger partial charge in [-0.15, -0.1) is 0 Å². The van der Waals surface area contributed by atoms with Gasteiger partial charge in [0.15, 0.2) is 11.5 Å². The number of rotatable bonds is 4. The summed E-state index contributed by atoms with van der Waals surface area (Å²) in [6.07, 6.45) is 1.29. The molecule has 0 saturated heterocycles. The Balaban J connectivity index is 3.06. The molecule has 0 spiro atoms. The summed E-state index contributed by atoms with van der Waals surface area (Å²) in [5, 5.41) is 0. The highest BCUT2D eigenvalue weighted by Gasteiger charge is 2.10. The van der Waals surface area contributed by atoms with Gasteiger partial charge < -0.3 is 9.47 Å². The number of carbonyl (C=O) groups excluding carboxylic acids is 1. The van der Waals surface area contributed by atoms with Gasteiger partial charge in [0.2, 0.25) is 6.08 Å². The molecule has 4 nitrogen and oxygen atoms in total. The second-order valence-electron chi connectivity index (χ2n) is 2.42. The lowest BCUT2D eigenvalue weighted by molar-refractivity contribution is -0.0511. The van der Waals surface area contributed by atoms with E-state index < -0.39 is 6.61 Å². The molecule has 0 aromatic heterocycles. The molecule has 0 amide bonds. The molecule has 0 bridgehead atoms. The van der Waals surface area contributed by atoms with Gasteiger partial charge in [-0.3, -0.25) is 0 Å². The van der Waals surface area contributed by atoms with E-state index >= 15 is 0 Å². The van der Waals surface area contributed by atoms with Crippen LogP contribution in [0.1, 0.15) is 0 Å². The van der Waals surface area contributed by atoms with Gasteiger partial charge in [-0.05, 0) is 12.1 Å². The van der Waals surface area contributed by atoms with Crippen LogP contribution in [-0.4, -0.2) is 19.8 Å². The summed E-state index contributed by atoms with van der Waals surface area (Å²) in [6.45, 7) is -2.96. The first-order valence-electron chi connectivity index (χ1n) is 3.88. The van der Waals surface area contributed by atoms with Gasteiger partial charge in [0.05, 0.1) is 12.8 Å². The molecule has 80 valence electrons. The highest BCUT2D eigenvalue weighted by Crippen LogP contribution is 2.32. The van der Waals surface area contributed by atoms with Crippen LogP contribution >= 0.6 is 0 Å². The standard InChI is InChI=1S/C9H7F2NO3/c1-14-7-3-2-6(12-5-13)4-8(7)15-9(10)11/h2-4,9H,1H3. The molecule has 1 aromatic carbocycles. The number of hydrogen-bond donors (Lipinski definition) is 0. The van der Waals surface area contributed by atoms with Crippen molar-refractivity contribution >= 4 is 11.8 Å². The zero-order valence-corrected chi connectivity index (χ0v) is 7.74. The molecule has 0 heterocycles. The van der Waals surface area contributed by atoms with Crippen molar-refractivity contribution in [1.82, 2.24) is 0 Å². The van der Waals surface area contributed by atoms with Crippen molar-refractivity contribution < 1.29 is 23.0 Å². The van der Waals surface area contributed by atoms with Crippen LogP contribution in [0, 0.1) is 0 Å². The van der Waals surface area contributed by atoms with Crippen molar-refractivity contribution in [3.05, 3.63) is 18.2 Å². The summed E-state index contributed by atoms with van der Waals surface area (Å²) >= 11 is 0. The van der Waals surface area contributed by atoms with Crippen molar-refractivity contribution in [3.8, 4) is 11.5 Å². The first kappa shape index (κ1) is 11.1. The van der Waals surface area contributed by atoms with Gasteiger partial charge in [0.25, 0.3) is 0 Å². The maximum absolute atomic E-state index is 12.0. The summed E-state index contributed by atoms with van der Waals surface area (Å²) in [5.74, 6) is -0.0378. The normalized spacial score (nSPS) is 9.60. The Bertz CT molecular complexity index is 389. The molecule has 0 saturated carbocycles. The number of ether oxygens (including phenoxy) is 2. The van der Waals surface area contributed by atoms with E-state index in [1.165, 1.54) is 25.3 Å². The molecule has 1 rings (SSSR count). The summed E-state index contributed by atoms with van der Waals surface area (Å²) in [6, 6.07) is 3.95. The summed E-state index contributed by atoms with van der Waals surface area (Å²) in [5.41, 5.74) is 0.168. The lowest BCUT2D eigenvalue weighted by Gasteiger charge is -2.09. The predicted octanol–water partition coefficient (Wildman–Crippen LogP) is 2.26. The lowest BCUT2D eigenvalue weighted by atomic mass is 10.3. The second-order valence-corrected chi connectivity index (χ2v) is 2.42. The molecular formula is C9H7F2NO3. The van der Waals surface area contributed by atoms with Gasteiger partial charge >= 0.3 is 6.61 Å². The molecular weight excluding hydrogens is 208 g/mol. The van der Waals surface area contributed by atoms with Gasteiger partial charge in [-0.1, -0.05) is 0 Å². The van der Waals surface area contributed by atoms with Crippen LogP contribution in [0.25, 0.3) is 0 Å². The van der Waals surface area contributed by atoms with E-state index in [2.05, 4.69) is 9.73 Å². The van der Waals surface area contributed by atoms with Crippen molar-refractivity contribution in [1.29, 1.82) is 0 Å². The Morgan fingerprint density at radius 3 is 2.67 bits per heavy atom. The molecule has 0 aliphatic heterocycles. The van der Waals surface area contributed by atoms with E-state index in [9.17, 15) is 13.6 Å². The van der Waals surface area contributed by atoms with Crippen LogP contribution < -0.4 is 9.47 Å². The van der Waals surface area contributed by atoms with E-state index in [0.29, 0.717) is 0 Å². The Labute approximate surface area is 84.1 Å². The molecule has 0 radical (unpaired) electrons. The largest absolute Gasteiger partial charge is 0.493 e. The molecule has 1 aromatic rings. The maximum atomic E-state index is 12.0. The van der Waals surface area contributed by atoms with Crippen molar-refractivity contribution in [2.75, 3.05) is 7.11 Å². The van der Waals surface area contributed by atoms with Crippen molar-refractivity contribution in [3.63, 3.8) is 0 Å². The molecule has 0 unspecified atom stereocenters. The topological polar surface area (TPSA) is 47.9 Å². The average molecular weight is 215 g/mol. The molecule has 0 aliphatic carbocycles. The smallest absolute Gasteiger partial charge is 0.387 e. The van der Waals surface area contributed by atoms with Gasteiger partial charge in [-0.25, -0.2) is 4.79 Å². The summed E-state index contributed by atoms with van der Waals surface area (Å²) in [7, 11) is 1.32. The minimum atomic E-state index is -2.96. The maximum Gasteiger partial charge on any atom is 0.387 e. The molecule has 6 heteroatoms. The van der Waals surface area contributed by atoms with E-state index in [-0.39, 0.29) is 17.2 Å². The fourth-order valence-corrected chi connectivity index (χ4v) is 0.976. The van der Waals surface area contributed by atoms with Crippen LogP contribution in [0.2, 0.25) is 0 Å². The Hall–Kier alpha value is -1.94. The van der Waals surface area contributed by atoms with Crippen molar-refractivity contribution in [2.45, 2.75) is 6.61 Å². The zero-order valence-electron chi connectivity index (χ0n) is 7.74. The third-order valence-corrected chi connectivity index (χ3v) is 1.54. The molecule has 0 fully saturated rings. The number of isocyanates is 1. The second kappa shape index (κ2) is 5.07.